The van der Waals surface area contributed by atoms with Gasteiger partial charge in [-0.3, -0.25) is 0 Å². The van der Waals surface area contributed by atoms with Gasteiger partial charge < -0.3 is 9.88 Å². The molecule has 0 fully saturated rings. The van der Waals surface area contributed by atoms with Gasteiger partial charge in [-0.1, -0.05) is 0 Å². The first-order chi connectivity index (χ1) is 8.77. The van der Waals surface area contributed by atoms with Crippen molar-refractivity contribution < 1.29 is 17.6 Å². The highest BCUT2D eigenvalue weighted by Crippen LogP contribution is 2.33. The summed E-state index contributed by atoms with van der Waals surface area (Å²) in [5, 5.41) is 2.72. The number of aryl methyl sites for hydroxylation is 2. The molecular formula is C12H11F4N3. The monoisotopic (exact) mass is 273 g/mol. The van der Waals surface area contributed by atoms with Gasteiger partial charge in [0.15, 0.2) is 0 Å². The maximum Gasteiger partial charge on any atom is 0.419 e. The molecule has 1 aromatic heterocycles. The first-order valence-electron chi connectivity index (χ1n) is 5.41. The predicted molar refractivity (Wildman–Crippen MR) is 62.6 cm³/mol. The maximum atomic E-state index is 13.1. The third-order valence-electron chi connectivity index (χ3n) is 2.52. The Morgan fingerprint density at radius 1 is 1.26 bits per heavy atom. The molecule has 3 nitrogen and oxygen atoms in total. The second kappa shape index (κ2) is 4.56. The summed E-state index contributed by atoms with van der Waals surface area (Å²) in [6.07, 6.45) is -3.00. The zero-order valence-electron chi connectivity index (χ0n) is 10.2. The third kappa shape index (κ3) is 2.86. The summed E-state index contributed by atoms with van der Waals surface area (Å²) in [4.78, 5) is 4.10. The minimum Gasteiger partial charge on any atom is -0.326 e. The lowest BCUT2D eigenvalue weighted by molar-refractivity contribution is -0.139. The van der Waals surface area contributed by atoms with Crippen molar-refractivity contribution in [1.29, 1.82) is 0 Å². The van der Waals surface area contributed by atoms with Crippen LogP contribution in [-0.2, 0) is 13.2 Å². The number of hydrogen-bond acceptors (Lipinski definition) is 2. The summed E-state index contributed by atoms with van der Waals surface area (Å²) in [7, 11) is 1.70. The molecule has 0 aliphatic rings. The molecule has 102 valence electrons. The fraction of sp³-hybridized carbons (Fsp3) is 0.250. The van der Waals surface area contributed by atoms with Gasteiger partial charge in [0.05, 0.1) is 11.3 Å². The van der Waals surface area contributed by atoms with Gasteiger partial charge in [0.2, 0.25) is 5.95 Å². The summed E-state index contributed by atoms with van der Waals surface area (Å²) >= 11 is 0. The molecule has 1 heterocycles. The molecule has 0 unspecified atom stereocenters. The van der Waals surface area contributed by atoms with Crippen molar-refractivity contribution in [2.75, 3.05) is 5.32 Å². The summed E-state index contributed by atoms with van der Waals surface area (Å²) in [5.41, 5.74) is -0.450. The Morgan fingerprint density at radius 3 is 2.47 bits per heavy atom. The summed E-state index contributed by atoms with van der Waals surface area (Å²) < 4.78 is 52.4. The van der Waals surface area contributed by atoms with Gasteiger partial charge in [-0.2, -0.15) is 13.2 Å². The van der Waals surface area contributed by atoms with Crippen LogP contribution in [0, 0.1) is 12.7 Å². The molecule has 0 spiro atoms. The number of nitrogens with zero attached hydrogens (tertiary/aromatic N) is 2. The highest BCUT2D eigenvalue weighted by atomic mass is 19.4. The van der Waals surface area contributed by atoms with Crippen LogP contribution in [-0.4, -0.2) is 9.55 Å². The Kier molecular flexibility index (Phi) is 3.21. The normalized spacial score (nSPS) is 11.7. The van der Waals surface area contributed by atoms with Crippen LogP contribution in [0.3, 0.4) is 0 Å². The number of nitrogens with one attached hydrogen (secondary N) is 1. The van der Waals surface area contributed by atoms with Gasteiger partial charge in [0, 0.05) is 18.9 Å². The molecular weight excluding hydrogens is 262 g/mol. The standard InChI is InChI=1S/C12H11F4N3/c1-7-6-19(2)11(17-7)18-8-3-4-10(13)9(5-8)12(14,15)16/h3-6H,1-2H3,(H,17,18). The lowest BCUT2D eigenvalue weighted by Crippen LogP contribution is -2.09. The van der Waals surface area contributed by atoms with E-state index in [0.717, 1.165) is 17.8 Å². The Bertz CT molecular complexity index is 602. The highest BCUT2D eigenvalue weighted by molar-refractivity contribution is 5.55. The zero-order valence-corrected chi connectivity index (χ0v) is 10.2. The lowest BCUT2D eigenvalue weighted by Gasteiger charge is -2.11. The van der Waals surface area contributed by atoms with Crippen molar-refractivity contribution in [3.63, 3.8) is 0 Å². The summed E-state index contributed by atoms with van der Waals surface area (Å²) in [6.45, 7) is 1.76. The van der Waals surface area contributed by atoms with Gasteiger partial charge in [-0.15, -0.1) is 0 Å². The number of halogens is 4. The SMILES string of the molecule is Cc1cn(C)c(Nc2ccc(F)c(C(F)(F)F)c2)n1. The van der Waals surface area contributed by atoms with Gasteiger partial charge in [0.1, 0.15) is 5.82 Å². The van der Waals surface area contributed by atoms with E-state index in [9.17, 15) is 17.6 Å². The minimum absolute atomic E-state index is 0.127. The molecule has 0 aliphatic heterocycles. The van der Waals surface area contributed by atoms with E-state index in [1.54, 1.807) is 24.7 Å². The number of imidazole rings is 1. The largest absolute Gasteiger partial charge is 0.419 e. The van der Waals surface area contributed by atoms with Crippen molar-refractivity contribution in [2.24, 2.45) is 7.05 Å². The number of benzene rings is 1. The lowest BCUT2D eigenvalue weighted by atomic mass is 10.2. The molecule has 1 aromatic carbocycles. The fourth-order valence-corrected chi connectivity index (χ4v) is 1.68. The summed E-state index contributed by atoms with van der Waals surface area (Å²) in [5.74, 6) is -0.911. The molecule has 0 aliphatic carbocycles. The molecule has 0 amide bonds. The average molecular weight is 273 g/mol. The molecule has 0 saturated carbocycles. The maximum absolute atomic E-state index is 13.1. The van der Waals surface area contributed by atoms with Crippen LogP contribution in [0.5, 0.6) is 0 Å². The van der Waals surface area contributed by atoms with E-state index in [0.29, 0.717) is 5.95 Å². The molecule has 2 aromatic rings. The van der Waals surface area contributed by atoms with Gasteiger partial charge in [0.25, 0.3) is 0 Å². The molecule has 2 rings (SSSR count). The van der Waals surface area contributed by atoms with Crippen molar-refractivity contribution in [3.05, 3.63) is 41.5 Å². The van der Waals surface area contributed by atoms with Crippen molar-refractivity contribution in [1.82, 2.24) is 9.55 Å². The van der Waals surface area contributed by atoms with Crippen molar-refractivity contribution >= 4 is 11.6 Å². The first kappa shape index (κ1) is 13.4. The number of hydrogen-bond donors (Lipinski definition) is 1. The number of aromatic nitrogens is 2. The molecule has 0 atom stereocenters. The van der Waals surface area contributed by atoms with E-state index < -0.39 is 17.6 Å². The molecule has 0 bridgehead atoms. The van der Waals surface area contributed by atoms with Crippen LogP contribution >= 0.6 is 0 Å². The topological polar surface area (TPSA) is 29.9 Å². The number of rotatable bonds is 2. The predicted octanol–water partition coefficient (Wildman–Crippen LogP) is 3.63. The molecule has 1 N–H and O–H groups in total. The molecule has 19 heavy (non-hydrogen) atoms. The highest BCUT2D eigenvalue weighted by Gasteiger charge is 2.34. The van der Waals surface area contributed by atoms with E-state index in [-0.39, 0.29) is 5.69 Å². The molecule has 0 saturated heterocycles. The number of alkyl halides is 3. The van der Waals surface area contributed by atoms with Crippen LogP contribution in [0.4, 0.5) is 29.2 Å². The second-order valence-corrected chi connectivity index (χ2v) is 4.13. The van der Waals surface area contributed by atoms with E-state index in [1.165, 1.54) is 6.07 Å². The Hall–Kier alpha value is -2.05. The zero-order chi connectivity index (χ0) is 14.2. The Morgan fingerprint density at radius 2 is 1.95 bits per heavy atom. The first-order valence-corrected chi connectivity index (χ1v) is 5.41. The van der Waals surface area contributed by atoms with Crippen LogP contribution < -0.4 is 5.32 Å². The van der Waals surface area contributed by atoms with Gasteiger partial charge >= 0.3 is 6.18 Å². The van der Waals surface area contributed by atoms with E-state index in [2.05, 4.69) is 10.3 Å². The summed E-state index contributed by atoms with van der Waals surface area (Å²) in [6, 6.07) is 2.73. The van der Waals surface area contributed by atoms with Crippen LogP contribution in [0.25, 0.3) is 0 Å². The van der Waals surface area contributed by atoms with Crippen LogP contribution in [0.1, 0.15) is 11.3 Å². The fourth-order valence-electron chi connectivity index (χ4n) is 1.68. The smallest absolute Gasteiger partial charge is 0.326 e. The second-order valence-electron chi connectivity index (χ2n) is 4.13. The van der Waals surface area contributed by atoms with E-state index in [4.69, 9.17) is 0 Å². The quantitative estimate of drug-likeness (QED) is 0.847. The Balaban J connectivity index is 2.34. The van der Waals surface area contributed by atoms with Crippen LogP contribution in [0.2, 0.25) is 0 Å². The van der Waals surface area contributed by atoms with Crippen molar-refractivity contribution in [2.45, 2.75) is 13.1 Å². The molecule has 7 heteroatoms. The number of anilines is 2. The average Bonchev–Trinajstić information content (AvgIpc) is 2.58. The van der Waals surface area contributed by atoms with E-state index in [1.807, 2.05) is 0 Å². The Labute approximate surface area is 106 Å². The van der Waals surface area contributed by atoms with Crippen LogP contribution in [0.15, 0.2) is 24.4 Å². The van der Waals surface area contributed by atoms with Gasteiger partial charge in [-0.05, 0) is 25.1 Å². The van der Waals surface area contributed by atoms with E-state index >= 15 is 0 Å². The third-order valence-corrected chi connectivity index (χ3v) is 2.52. The molecule has 0 radical (unpaired) electrons. The minimum atomic E-state index is -4.72. The van der Waals surface area contributed by atoms with Gasteiger partial charge in [-0.25, -0.2) is 9.37 Å². The van der Waals surface area contributed by atoms with Crippen molar-refractivity contribution in [3.8, 4) is 0 Å².